The van der Waals surface area contributed by atoms with E-state index in [0.29, 0.717) is 24.7 Å². The Morgan fingerprint density at radius 2 is 2.15 bits per heavy atom. The zero-order valence-electron chi connectivity index (χ0n) is 14.9. The number of aromatic amines is 1. The fraction of sp³-hybridized carbons (Fsp3) is 0.300. The average Bonchev–Trinajstić information content (AvgIpc) is 3.29. The van der Waals surface area contributed by atoms with Crippen molar-refractivity contribution in [3.63, 3.8) is 0 Å². The van der Waals surface area contributed by atoms with Gasteiger partial charge in [0.05, 0.1) is 13.7 Å². The van der Waals surface area contributed by atoms with Crippen molar-refractivity contribution in [2.24, 2.45) is 0 Å². The van der Waals surface area contributed by atoms with Crippen LogP contribution >= 0.6 is 0 Å². The van der Waals surface area contributed by atoms with Gasteiger partial charge in [0.25, 0.3) is 5.91 Å². The summed E-state index contributed by atoms with van der Waals surface area (Å²) in [6, 6.07) is 11.4. The SMILES string of the molecule is COc1ccc2cc(C(=O)N3CC[C@H](Oc4ccc(C)cn4)C3)[nH]c2c1. The molecule has 0 unspecified atom stereocenters. The standard InChI is InChI=1S/C20H21N3O3/c1-13-3-6-19(21-11-13)26-16-7-8-23(12-16)20(24)18-9-14-4-5-15(25-2)10-17(14)22-18/h3-6,9-11,16,22H,7-8,12H2,1-2H3/t16-/m0/s1. The van der Waals surface area contributed by atoms with Gasteiger partial charge in [0, 0.05) is 42.2 Å². The van der Waals surface area contributed by atoms with Gasteiger partial charge in [-0.1, -0.05) is 6.07 Å². The van der Waals surface area contributed by atoms with E-state index in [0.717, 1.165) is 28.6 Å². The topological polar surface area (TPSA) is 67.4 Å². The quantitative estimate of drug-likeness (QED) is 0.784. The number of ether oxygens (including phenoxy) is 2. The van der Waals surface area contributed by atoms with Crippen LogP contribution in [0.3, 0.4) is 0 Å². The van der Waals surface area contributed by atoms with Crippen LogP contribution < -0.4 is 9.47 Å². The molecule has 1 atom stereocenters. The number of hydrogen-bond acceptors (Lipinski definition) is 4. The molecule has 1 aromatic carbocycles. The molecule has 1 N–H and O–H groups in total. The normalized spacial score (nSPS) is 16.8. The number of carbonyl (C=O) groups is 1. The lowest BCUT2D eigenvalue weighted by molar-refractivity contribution is 0.0766. The van der Waals surface area contributed by atoms with Gasteiger partial charge in [-0.05, 0) is 30.7 Å². The minimum Gasteiger partial charge on any atom is -0.497 e. The monoisotopic (exact) mass is 351 g/mol. The number of rotatable bonds is 4. The Balaban J connectivity index is 1.44. The van der Waals surface area contributed by atoms with E-state index in [-0.39, 0.29) is 12.0 Å². The van der Waals surface area contributed by atoms with Crippen LogP contribution in [0.25, 0.3) is 10.9 Å². The lowest BCUT2D eigenvalue weighted by atomic mass is 10.2. The van der Waals surface area contributed by atoms with Gasteiger partial charge >= 0.3 is 0 Å². The van der Waals surface area contributed by atoms with E-state index in [1.807, 2.05) is 48.2 Å². The van der Waals surface area contributed by atoms with Crippen molar-refractivity contribution in [3.05, 3.63) is 53.9 Å². The van der Waals surface area contributed by atoms with Crippen LogP contribution in [-0.2, 0) is 0 Å². The second kappa shape index (κ2) is 6.71. The van der Waals surface area contributed by atoms with Crippen molar-refractivity contribution in [2.45, 2.75) is 19.4 Å². The Kier molecular flexibility index (Phi) is 4.24. The molecule has 2 aromatic heterocycles. The molecule has 1 saturated heterocycles. The van der Waals surface area contributed by atoms with Crippen LogP contribution in [0.5, 0.6) is 11.6 Å². The number of H-pyrrole nitrogens is 1. The summed E-state index contributed by atoms with van der Waals surface area (Å²) >= 11 is 0. The summed E-state index contributed by atoms with van der Waals surface area (Å²) in [7, 11) is 1.63. The van der Waals surface area contributed by atoms with Crippen molar-refractivity contribution in [3.8, 4) is 11.6 Å². The predicted octanol–water partition coefficient (Wildman–Crippen LogP) is 3.17. The summed E-state index contributed by atoms with van der Waals surface area (Å²) < 4.78 is 11.1. The number of aryl methyl sites for hydroxylation is 1. The summed E-state index contributed by atoms with van der Waals surface area (Å²) in [6.45, 7) is 3.23. The van der Waals surface area contributed by atoms with Gasteiger partial charge in [0.2, 0.25) is 5.88 Å². The third-order valence-electron chi connectivity index (χ3n) is 4.66. The molecule has 134 valence electrons. The van der Waals surface area contributed by atoms with Crippen LogP contribution in [0.4, 0.5) is 0 Å². The molecule has 3 heterocycles. The van der Waals surface area contributed by atoms with Crippen LogP contribution in [-0.4, -0.2) is 47.1 Å². The van der Waals surface area contributed by atoms with Gasteiger partial charge in [-0.3, -0.25) is 4.79 Å². The molecule has 3 aromatic rings. The van der Waals surface area contributed by atoms with Crippen molar-refractivity contribution >= 4 is 16.8 Å². The number of likely N-dealkylation sites (tertiary alicyclic amines) is 1. The first-order valence-corrected chi connectivity index (χ1v) is 8.68. The van der Waals surface area contributed by atoms with Gasteiger partial charge in [-0.25, -0.2) is 4.98 Å². The molecule has 1 fully saturated rings. The number of benzene rings is 1. The Morgan fingerprint density at radius 1 is 1.27 bits per heavy atom. The first kappa shape index (κ1) is 16.4. The van der Waals surface area contributed by atoms with Gasteiger partial charge in [0.15, 0.2) is 0 Å². The van der Waals surface area contributed by atoms with E-state index in [1.165, 1.54) is 0 Å². The van der Waals surface area contributed by atoms with Gasteiger partial charge in [-0.15, -0.1) is 0 Å². The molecule has 0 bridgehead atoms. The Bertz CT molecular complexity index is 933. The van der Waals surface area contributed by atoms with Crippen molar-refractivity contribution in [2.75, 3.05) is 20.2 Å². The lowest BCUT2D eigenvalue weighted by Gasteiger charge is -2.16. The van der Waals surface area contributed by atoms with Crippen LogP contribution in [0.1, 0.15) is 22.5 Å². The average molecular weight is 351 g/mol. The van der Waals surface area contributed by atoms with Crippen molar-refractivity contribution < 1.29 is 14.3 Å². The van der Waals surface area contributed by atoms with Gasteiger partial charge in [-0.2, -0.15) is 0 Å². The highest BCUT2D eigenvalue weighted by atomic mass is 16.5. The smallest absolute Gasteiger partial charge is 0.270 e. The molecule has 1 aliphatic rings. The molecular formula is C20H21N3O3. The summed E-state index contributed by atoms with van der Waals surface area (Å²) in [5.74, 6) is 1.36. The van der Waals surface area contributed by atoms with E-state index in [1.54, 1.807) is 13.3 Å². The maximum atomic E-state index is 12.8. The van der Waals surface area contributed by atoms with Crippen LogP contribution in [0.15, 0.2) is 42.6 Å². The molecule has 0 spiro atoms. The third kappa shape index (κ3) is 3.22. The first-order valence-electron chi connectivity index (χ1n) is 8.68. The van der Waals surface area contributed by atoms with Crippen LogP contribution in [0, 0.1) is 6.92 Å². The number of hydrogen-bond donors (Lipinski definition) is 1. The summed E-state index contributed by atoms with van der Waals surface area (Å²) in [5.41, 5.74) is 2.57. The zero-order valence-corrected chi connectivity index (χ0v) is 14.9. The predicted molar refractivity (Wildman–Crippen MR) is 98.8 cm³/mol. The molecule has 0 radical (unpaired) electrons. The minimum atomic E-state index is -0.0290. The number of amides is 1. The highest BCUT2D eigenvalue weighted by molar-refractivity contribution is 5.98. The molecule has 1 aliphatic heterocycles. The molecule has 6 heteroatoms. The number of aromatic nitrogens is 2. The summed E-state index contributed by atoms with van der Waals surface area (Å²) in [5, 5.41) is 0.991. The second-order valence-electron chi connectivity index (χ2n) is 6.59. The third-order valence-corrected chi connectivity index (χ3v) is 4.66. The molecule has 6 nitrogen and oxygen atoms in total. The largest absolute Gasteiger partial charge is 0.497 e. The zero-order chi connectivity index (χ0) is 18.1. The number of nitrogens with one attached hydrogen (secondary N) is 1. The maximum absolute atomic E-state index is 12.8. The van der Waals surface area contributed by atoms with Gasteiger partial charge in [0.1, 0.15) is 17.5 Å². The summed E-state index contributed by atoms with van der Waals surface area (Å²) in [4.78, 5) is 22.1. The van der Waals surface area contributed by atoms with Crippen LogP contribution in [0.2, 0.25) is 0 Å². The fourth-order valence-corrected chi connectivity index (χ4v) is 3.22. The number of carbonyl (C=O) groups excluding carboxylic acids is 1. The number of nitrogens with zero attached hydrogens (tertiary/aromatic N) is 2. The lowest BCUT2D eigenvalue weighted by Crippen LogP contribution is -2.31. The molecular weight excluding hydrogens is 330 g/mol. The van der Waals surface area contributed by atoms with E-state index in [9.17, 15) is 4.79 Å². The highest BCUT2D eigenvalue weighted by Crippen LogP contribution is 2.23. The molecule has 1 amide bonds. The number of fused-ring (bicyclic) bond motifs is 1. The minimum absolute atomic E-state index is 0.0110. The van der Waals surface area contributed by atoms with E-state index >= 15 is 0 Å². The van der Waals surface area contributed by atoms with Crippen molar-refractivity contribution in [1.82, 2.24) is 14.9 Å². The Hall–Kier alpha value is -3.02. The summed E-state index contributed by atoms with van der Waals surface area (Å²) in [6.07, 6.45) is 2.56. The first-order chi connectivity index (χ1) is 12.6. The number of methoxy groups -OCH3 is 1. The van der Waals surface area contributed by atoms with Gasteiger partial charge < -0.3 is 19.4 Å². The highest BCUT2D eigenvalue weighted by Gasteiger charge is 2.29. The van der Waals surface area contributed by atoms with E-state index in [4.69, 9.17) is 9.47 Å². The van der Waals surface area contributed by atoms with Crippen molar-refractivity contribution in [1.29, 1.82) is 0 Å². The number of pyridine rings is 1. The van der Waals surface area contributed by atoms with E-state index < -0.39 is 0 Å². The van der Waals surface area contributed by atoms with E-state index in [2.05, 4.69) is 9.97 Å². The molecule has 0 saturated carbocycles. The fourth-order valence-electron chi connectivity index (χ4n) is 3.22. The molecule has 0 aliphatic carbocycles. The molecule has 4 rings (SSSR count). The maximum Gasteiger partial charge on any atom is 0.270 e. The molecule has 26 heavy (non-hydrogen) atoms. The second-order valence-corrected chi connectivity index (χ2v) is 6.59. The Labute approximate surface area is 151 Å². The Morgan fingerprint density at radius 3 is 2.92 bits per heavy atom.